The molecule has 2 nitrogen and oxygen atoms in total. The zero-order valence-electron chi connectivity index (χ0n) is 51.7. The predicted octanol–water partition coefficient (Wildman–Crippen LogP) is 24.2. The first-order valence-electron chi connectivity index (χ1n) is 31.5. The van der Waals surface area contributed by atoms with Crippen molar-refractivity contribution in [3.05, 3.63) is 278 Å². The fraction of sp³-hybridized carbons (Fsp3) is 0.140. The van der Waals surface area contributed by atoms with Crippen LogP contribution in [0.1, 0.15) is 66.5 Å². The monoisotopic (exact) mass is 1130 g/mol. The second kappa shape index (κ2) is 21.4. The Morgan fingerprint density at radius 2 is 0.455 bits per heavy atom. The first-order valence-corrected chi connectivity index (χ1v) is 31.5. The molecule has 0 saturated heterocycles. The summed E-state index contributed by atoms with van der Waals surface area (Å²) in [6.07, 6.45) is 0. The Morgan fingerprint density at radius 3 is 0.761 bits per heavy atom. The average molecular weight is 1130 g/mol. The molecule has 0 spiro atoms. The van der Waals surface area contributed by atoms with E-state index in [0.717, 1.165) is 13.1 Å². The molecule has 15 aromatic rings. The van der Waals surface area contributed by atoms with Gasteiger partial charge in [0.2, 0.25) is 0 Å². The summed E-state index contributed by atoms with van der Waals surface area (Å²) < 4.78 is 4.90. The van der Waals surface area contributed by atoms with Crippen LogP contribution in [0.5, 0.6) is 0 Å². The molecule has 0 aliphatic rings. The summed E-state index contributed by atoms with van der Waals surface area (Å²) in [6.45, 7) is 20.2. The number of aromatic nitrogens is 2. The maximum Gasteiger partial charge on any atom is 0.0491 e. The van der Waals surface area contributed by atoms with E-state index in [1.54, 1.807) is 0 Å². The van der Waals surface area contributed by atoms with Gasteiger partial charge in [0.05, 0.1) is 0 Å². The minimum absolute atomic E-state index is 0.0747. The quantitative estimate of drug-likeness (QED) is 0.121. The molecule has 426 valence electrons. The third-order valence-corrected chi connectivity index (χ3v) is 18.9. The smallest absolute Gasteiger partial charge is 0.0491 e. The normalized spacial score (nSPS) is 12.2. The Hall–Kier alpha value is -10.0. The first kappa shape index (κ1) is 54.6. The van der Waals surface area contributed by atoms with Crippen LogP contribution >= 0.6 is 0 Å². The highest BCUT2D eigenvalue weighted by Crippen LogP contribution is 2.47. The van der Waals surface area contributed by atoms with E-state index in [0.29, 0.717) is 0 Å². The fourth-order valence-corrected chi connectivity index (χ4v) is 14.0. The molecule has 0 bridgehead atoms. The van der Waals surface area contributed by atoms with Gasteiger partial charge in [-0.25, -0.2) is 0 Å². The Morgan fingerprint density at radius 1 is 0.216 bits per heavy atom. The molecule has 2 heterocycles. The summed E-state index contributed by atoms with van der Waals surface area (Å²) in [4.78, 5) is 0. The van der Waals surface area contributed by atoms with Crippen LogP contribution < -0.4 is 0 Å². The van der Waals surface area contributed by atoms with Crippen LogP contribution in [0, 0.1) is 0 Å². The largest absolute Gasteiger partial charge is 0.341 e. The zero-order chi connectivity index (χ0) is 60.0. The van der Waals surface area contributed by atoms with Gasteiger partial charge < -0.3 is 9.13 Å². The Labute approximate surface area is 517 Å². The molecule has 0 N–H and O–H groups in total. The maximum atomic E-state index is 2.45. The van der Waals surface area contributed by atoms with Crippen LogP contribution in [0.15, 0.2) is 267 Å². The van der Waals surface area contributed by atoms with Crippen LogP contribution in [0.2, 0.25) is 0 Å². The van der Waals surface area contributed by atoms with Crippen molar-refractivity contribution in [1.29, 1.82) is 0 Å². The van der Waals surface area contributed by atoms with Crippen LogP contribution in [-0.4, -0.2) is 9.13 Å². The van der Waals surface area contributed by atoms with E-state index in [-0.39, 0.29) is 10.8 Å². The van der Waals surface area contributed by atoms with Gasteiger partial charge in [0.15, 0.2) is 0 Å². The minimum atomic E-state index is 0.0747. The third kappa shape index (κ3) is 9.51. The number of fused-ring (bicyclic) bond motifs is 8. The van der Waals surface area contributed by atoms with Gasteiger partial charge >= 0.3 is 0 Å². The molecule has 0 unspecified atom stereocenters. The van der Waals surface area contributed by atoms with Crippen molar-refractivity contribution in [3.8, 4) is 89.0 Å². The lowest BCUT2D eigenvalue weighted by atomic mass is 9.83. The molecule has 0 fully saturated rings. The second-order valence-electron chi connectivity index (χ2n) is 26.2. The minimum Gasteiger partial charge on any atom is -0.341 e. The van der Waals surface area contributed by atoms with Crippen molar-refractivity contribution in [2.75, 3.05) is 0 Å². The SMILES string of the molecule is CCn1c2ccc(-c3ccc(-c4ccc(-c5c6ccc(-c7ccccc7)cc6c(-c6ccc(-c7ccc(-c8ccc9c(c8)c8cc(C(C)(C)C)ccc8n9CC)cc7)cc6)c6ccc(-c7ccccc7)cc56)cc4)cc3)cc2c2cc(C(C)(C)C)ccc21. The third-order valence-electron chi connectivity index (χ3n) is 18.9. The molecule has 0 saturated carbocycles. The van der Waals surface area contributed by atoms with Gasteiger partial charge in [-0.2, -0.15) is 0 Å². The lowest BCUT2D eigenvalue weighted by Crippen LogP contribution is -2.10. The summed E-state index contributed by atoms with van der Waals surface area (Å²) in [6, 6.07) is 101. The van der Waals surface area contributed by atoms with Crippen molar-refractivity contribution in [3.63, 3.8) is 0 Å². The van der Waals surface area contributed by atoms with Gasteiger partial charge in [-0.05, 0) is 207 Å². The van der Waals surface area contributed by atoms with Crippen molar-refractivity contribution in [1.82, 2.24) is 9.13 Å². The molecule has 13 aromatic carbocycles. The second-order valence-corrected chi connectivity index (χ2v) is 26.2. The van der Waals surface area contributed by atoms with E-state index in [2.05, 4.69) is 331 Å². The summed E-state index contributed by atoms with van der Waals surface area (Å²) >= 11 is 0. The number of hydrogen-bond donors (Lipinski definition) is 0. The van der Waals surface area contributed by atoms with E-state index in [9.17, 15) is 0 Å². The molecule has 0 amide bonds. The number of benzene rings is 13. The molecule has 0 aliphatic heterocycles. The van der Waals surface area contributed by atoms with Gasteiger partial charge in [-0.1, -0.05) is 248 Å². The first-order chi connectivity index (χ1) is 42.8. The zero-order valence-corrected chi connectivity index (χ0v) is 51.7. The number of rotatable bonds is 10. The number of nitrogens with zero attached hydrogens (tertiary/aromatic N) is 2. The van der Waals surface area contributed by atoms with Gasteiger partial charge in [0, 0.05) is 56.7 Å². The highest BCUT2D eigenvalue weighted by molar-refractivity contribution is 6.23. The van der Waals surface area contributed by atoms with Gasteiger partial charge in [-0.3, -0.25) is 0 Å². The topological polar surface area (TPSA) is 9.86 Å². The molecule has 2 heteroatoms. The van der Waals surface area contributed by atoms with Gasteiger partial charge in [0.1, 0.15) is 0 Å². The highest BCUT2D eigenvalue weighted by atomic mass is 15.0. The van der Waals surface area contributed by atoms with Crippen LogP contribution in [0.25, 0.3) is 154 Å². The molecular formula is C86H72N2. The van der Waals surface area contributed by atoms with Crippen LogP contribution in [0.4, 0.5) is 0 Å². The van der Waals surface area contributed by atoms with E-state index in [1.807, 2.05) is 0 Å². The maximum absolute atomic E-state index is 2.45. The summed E-state index contributed by atoms with van der Waals surface area (Å²) in [5.41, 5.74) is 27.4. The van der Waals surface area contributed by atoms with Crippen molar-refractivity contribution < 1.29 is 0 Å². The lowest BCUT2D eigenvalue weighted by Gasteiger charge is -2.20. The Balaban J connectivity index is 0.801. The summed E-state index contributed by atoms with van der Waals surface area (Å²) in [5, 5.41) is 10.2. The van der Waals surface area contributed by atoms with E-state index in [1.165, 1.54) is 165 Å². The molecule has 0 aliphatic carbocycles. The van der Waals surface area contributed by atoms with Crippen LogP contribution in [-0.2, 0) is 23.9 Å². The predicted molar refractivity (Wildman–Crippen MR) is 380 cm³/mol. The lowest BCUT2D eigenvalue weighted by molar-refractivity contribution is 0.591. The number of aryl methyl sites for hydroxylation is 2. The standard InChI is InChI=1S/C86H72N2/c1-9-87-79-45-39-67(49-73(79)75-53-69(85(3,4)5)41-47-81(75)87)61-25-21-57(22-26-61)59-29-33-63(34-30-59)83-71-43-37-66(56-19-15-12-16-20-56)52-78(71)84(72-44-38-65(51-77(72)83)55-17-13-11-14-18-55)64-35-31-60(32-36-64)58-23-27-62(28-24-58)68-40-46-80-74(50-68)76-54-70(86(6,7)8)42-48-82(76)88(80)10-2/h11-54H,9-10H2,1-8H3. The summed E-state index contributed by atoms with van der Waals surface area (Å²) in [7, 11) is 0. The van der Waals surface area contributed by atoms with Crippen molar-refractivity contribution in [2.45, 2.75) is 79.3 Å². The summed E-state index contributed by atoms with van der Waals surface area (Å²) in [5.74, 6) is 0. The van der Waals surface area contributed by atoms with Crippen LogP contribution in [0.3, 0.4) is 0 Å². The molecular weight excluding hydrogens is 1060 g/mol. The fourth-order valence-electron chi connectivity index (χ4n) is 14.0. The van der Waals surface area contributed by atoms with Gasteiger partial charge in [-0.15, -0.1) is 0 Å². The van der Waals surface area contributed by atoms with E-state index in [4.69, 9.17) is 0 Å². The highest BCUT2D eigenvalue weighted by Gasteiger charge is 2.22. The molecule has 15 rings (SSSR count). The molecule has 2 aromatic heterocycles. The molecule has 88 heavy (non-hydrogen) atoms. The van der Waals surface area contributed by atoms with Gasteiger partial charge in [0.25, 0.3) is 0 Å². The average Bonchev–Trinajstić information content (AvgIpc) is 1.22. The van der Waals surface area contributed by atoms with Crippen molar-refractivity contribution in [2.24, 2.45) is 0 Å². The van der Waals surface area contributed by atoms with E-state index >= 15 is 0 Å². The molecule has 0 atom stereocenters. The molecule has 0 radical (unpaired) electrons. The van der Waals surface area contributed by atoms with E-state index < -0.39 is 0 Å². The Bertz CT molecular complexity index is 4830. The Kier molecular flexibility index (Phi) is 13.3. The number of hydrogen-bond acceptors (Lipinski definition) is 0. The van der Waals surface area contributed by atoms with Crippen molar-refractivity contribution >= 4 is 65.2 Å².